The van der Waals surface area contributed by atoms with Crippen LogP contribution in [0.3, 0.4) is 0 Å². The van der Waals surface area contributed by atoms with Crippen LogP contribution in [0.2, 0.25) is 0 Å². The van der Waals surface area contributed by atoms with E-state index in [-0.39, 0.29) is 17.4 Å². The molecule has 0 aliphatic carbocycles. The maximum Gasteiger partial charge on any atom is 0.331 e. The zero-order valence-electron chi connectivity index (χ0n) is 7.94. The fourth-order valence-corrected chi connectivity index (χ4v) is 1.17. The first-order valence-electron chi connectivity index (χ1n) is 4.02. The Labute approximate surface area is 75.4 Å². The van der Waals surface area contributed by atoms with Crippen molar-refractivity contribution in [1.82, 2.24) is 9.13 Å². The Morgan fingerprint density at radius 3 is 2.38 bits per heavy atom. The third-order valence-electron chi connectivity index (χ3n) is 1.82. The maximum atomic E-state index is 11.5. The van der Waals surface area contributed by atoms with Crippen LogP contribution in [-0.4, -0.2) is 9.13 Å². The maximum absolute atomic E-state index is 11.5. The Hall–Kier alpha value is -1.52. The first-order chi connectivity index (χ1) is 5.95. The number of hydrogen-bond acceptors (Lipinski definition) is 3. The van der Waals surface area contributed by atoms with E-state index < -0.39 is 5.56 Å². The van der Waals surface area contributed by atoms with Crippen LogP contribution in [0.5, 0.6) is 0 Å². The molecular weight excluding hydrogens is 170 g/mol. The van der Waals surface area contributed by atoms with Gasteiger partial charge in [-0.3, -0.25) is 9.36 Å². The zero-order chi connectivity index (χ0) is 10.2. The Morgan fingerprint density at radius 1 is 1.38 bits per heavy atom. The van der Waals surface area contributed by atoms with Gasteiger partial charge in [-0.15, -0.1) is 0 Å². The quantitative estimate of drug-likeness (QED) is 0.650. The molecule has 0 saturated carbocycles. The minimum atomic E-state index is -0.418. The highest BCUT2D eigenvalue weighted by molar-refractivity contribution is 5.30. The summed E-state index contributed by atoms with van der Waals surface area (Å²) < 4.78 is 2.44. The summed E-state index contributed by atoms with van der Waals surface area (Å²) >= 11 is 0. The molecule has 0 amide bonds. The highest BCUT2D eigenvalue weighted by atomic mass is 16.2. The summed E-state index contributed by atoms with van der Waals surface area (Å²) in [7, 11) is 1.57. The molecule has 0 fully saturated rings. The van der Waals surface area contributed by atoms with Gasteiger partial charge in [0.05, 0.1) is 0 Å². The van der Waals surface area contributed by atoms with E-state index in [9.17, 15) is 9.59 Å². The lowest BCUT2D eigenvalue weighted by Crippen LogP contribution is -2.40. The molecule has 0 unspecified atom stereocenters. The van der Waals surface area contributed by atoms with Gasteiger partial charge in [-0.2, -0.15) is 0 Å². The van der Waals surface area contributed by atoms with E-state index in [1.165, 1.54) is 10.8 Å². The number of hydrogen-bond donors (Lipinski definition) is 1. The topological polar surface area (TPSA) is 70.0 Å². The molecular formula is C8H13N3O2. The van der Waals surface area contributed by atoms with E-state index in [1.54, 1.807) is 20.9 Å². The van der Waals surface area contributed by atoms with Crippen molar-refractivity contribution < 1.29 is 0 Å². The van der Waals surface area contributed by atoms with E-state index >= 15 is 0 Å². The second-order valence-corrected chi connectivity index (χ2v) is 3.25. The molecule has 0 aliphatic heterocycles. The molecule has 2 N–H and O–H groups in total. The van der Waals surface area contributed by atoms with Gasteiger partial charge in [0.1, 0.15) is 5.69 Å². The first-order valence-corrected chi connectivity index (χ1v) is 4.02. The van der Waals surface area contributed by atoms with Gasteiger partial charge in [0.15, 0.2) is 0 Å². The molecule has 0 saturated heterocycles. The van der Waals surface area contributed by atoms with Crippen LogP contribution < -0.4 is 17.0 Å². The second kappa shape index (κ2) is 3.08. The summed E-state index contributed by atoms with van der Waals surface area (Å²) in [6, 6.07) is -0.172. The fourth-order valence-electron chi connectivity index (χ4n) is 1.17. The van der Waals surface area contributed by atoms with Crippen molar-refractivity contribution in [1.29, 1.82) is 0 Å². The minimum absolute atomic E-state index is 0.0933. The number of aryl methyl sites for hydroxylation is 1. The van der Waals surface area contributed by atoms with Gasteiger partial charge in [0, 0.05) is 19.3 Å². The van der Waals surface area contributed by atoms with Crippen molar-refractivity contribution in [2.24, 2.45) is 7.05 Å². The molecule has 1 heterocycles. The number of nitrogens with two attached hydrogens (primary N) is 1. The van der Waals surface area contributed by atoms with Crippen LogP contribution in [0, 0.1) is 0 Å². The summed E-state index contributed by atoms with van der Waals surface area (Å²) in [6.45, 7) is 3.53. The molecule has 0 radical (unpaired) electrons. The van der Waals surface area contributed by atoms with Gasteiger partial charge < -0.3 is 10.3 Å². The van der Waals surface area contributed by atoms with Crippen LogP contribution >= 0.6 is 0 Å². The molecule has 1 rings (SSSR count). The van der Waals surface area contributed by atoms with Gasteiger partial charge in [-0.05, 0) is 13.8 Å². The van der Waals surface area contributed by atoms with E-state index in [1.807, 2.05) is 0 Å². The van der Waals surface area contributed by atoms with Crippen molar-refractivity contribution >= 4 is 5.69 Å². The molecule has 0 atom stereocenters. The van der Waals surface area contributed by atoms with Gasteiger partial charge in [-0.25, -0.2) is 4.79 Å². The number of anilines is 1. The van der Waals surface area contributed by atoms with Gasteiger partial charge >= 0.3 is 5.69 Å². The smallest absolute Gasteiger partial charge is 0.331 e. The molecule has 0 aliphatic rings. The van der Waals surface area contributed by atoms with Gasteiger partial charge in [0.2, 0.25) is 0 Å². The van der Waals surface area contributed by atoms with Crippen molar-refractivity contribution in [2.45, 2.75) is 19.9 Å². The molecule has 0 aromatic carbocycles. The van der Waals surface area contributed by atoms with Crippen LogP contribution in [0.1, 0.15) is 19.9 Å². The lowest BCUT2D eigenvalue weighted by Gasteiger charge is -2.10. The molecule has 1 aromatic heterocycles. The molecule has 13 heavy (non-hydrogen) atoms. The van der Waals surface area contributed by atoms with Crippen molar-refractivity contribution in [3.05, 3.63) is 27.0 Å². The van der Waals surface area contributed by atoms with E-state index in [0.717, 1.165) is 4.57 Å². The molecule has 5 heteroatoms. The van der Waals surface area contributed by atoms with E-state index in [4.69, 9.17) is 5.73 Å². The van der Waals surface area contributed by atoms with Crippen LogP contribution in [0.15, 0.2) is 15.8 Å². The van der Waals surface area contributed by atoms with Gasteiger partial charge in [0.25, 0.3) is 5.56 Å². The lowest BCUT2D eigenvalue weighted by molar-refractivity contribution is 0.524. The predicted octanol–water partition coefficient (Wildman–Crippen LogP) is -0.290. The third kappa shape index (κ3) is 1.49. The van der Waals surface area contributed by atoms with E-state index in [2.05, 4.69) is 0 Å². The zero-order valence-corrected chi connectivity index (χ0v) is 7.94. The summed E-state index contributed by atoms with van der Waals surface area (Å²) in [6.07, 6.45) is 1.34. The average molecular weight is 183 g/mol. The SMILES string of the molecule is CC(C)n1c(=O)c(N)cn(C)c1=O. The second-order valence-electron chi connectivity index (χ2n) is 3.25. The number of nitrogens with zero attached hydrogens (tertiary/aromatic N) is 2. The van der Waals surface area contributed by atoms with Crippen LogP contribution in [0.4, 0.5) is 5.69 Å². The van der Waals surface area contributed by atoms with Crippen molar-refractivity contribution in [3.63, 3.8) is 0 Å². The number of rotatable bonds is 1. The average Bonchev–Trinajstić information content (AvgIpc) is 2.01. The Bertz CT molecular complexity index is 394. The summed E-state index contributed by atoms with van der Waals surface area (Å²) in [4.78, 5) is 22.9. The number of aromatic nitrogens is 2. The monoisotopic (exact) mass is 183 g/mol. The highest BCUT2D eigenvalue weighted by Gasteiger charge is 2.09. The molecule has 0 bridgehead atoms. The van der Waals surface area contributed by atoms with E-state index in [0.29, 0.717) is 0 Å². The Balaban J connectivity index is 3.67. The molecule has 1 aromatic rings. The first kappa shape index (κ1) is 9.57. The van der Waals surface area contributed by atoms with Crippen molar-refractivity contribution in [2.75, 3.05) is 5.73 Å². The fraction of sp³-hybridized carbons (Fsp3) is 0.500. The Morgan fingerprint density at radius 2 is 1.92 bits per heavy atom. The van der Waals surface area contributed by atoms with Gasteiger partial charge in [-0.1, -0.05) is 0 Å². The number of nitrogen functional groups attached to an aromatic ring is 1. The highest BCUT2D eigenvalue weighted by Crippen LogP contribution is 1.96. The van der Waals surface area contributed by atoms with Crippen LogP contribution in [0.25, 0.3) is 0 Å². The molecule has 5 nitrogen and oxygen atoms in total. The predicted molar refractivity (Wildman–Crippen MR) is 50.7 cm³/mol. The lowest BCUT2D eigenvalue weighted by atomic mass is 10.4. The summed E-state index contributed by atoms with van der Waals surface area (Å²) in [5.74, 6) is 0. The summed E-state index contributed by atoms with van der Waals surface area (Å²) in [5, 5.41) is 0. The largest absolute Gasteiger partial charge is 0.393 e. The minimum Gasteiger partial charge on any atom is -0.393 e. The molecule has 72 valence electrons. The summed E-state index contributed by atoms with van der Waals surface area (Å²) in [5.41, 5.74) is 4.77. The molecule has 0 spiro atoms. The standard InChI is InChI=1S/C8H13N3O2/c1-5(2)11-7(12)6(9)4-10(3)8(11)13/h4-5H,9H2,1-3H3. The normalized spacial score (nSPS) is 10.8. The Kier molecular flexibility index (Phi) is 2.27. The van der Waals surface area contributed by atoms with Crippen LogP contribution in [-0.2, 0) is 7.05 Å². The van der Waals surface area contributed by atoms with Crippen molar-refractivity contribution in [3.8, 4) is 0 Å². The third-order valence-corrected chi connectivity index (χ3v) is 1.82.